The second-order valence-corrected chi connectivity index (χ2v) is 6.49. The van der Waals surface area contributed by atoms with Crippen molar-refractivity contribution in [3.8, 4) is 0 Å². The maximum Gasteiger partial charge on any atom is 0.338 e. The van der Waals surface area contributed by atoms with E-state index in [1.165, 1.54) is 0 Å². The van der Waals surface area contributed by atoms with Gasteiger partial charge in [-0.15, -0.1) is 0 Å². The van der Waals surface area contributed by atoms with Crippen LogP contribution in [0.15, 0.2) is 54.6 Å². The molecule has 7 heteroatoms. The Bertz CT molecular complexity index is 961. The van der Waals surface area contributed by atoms with Crippen LogP contribution in [0, 0.1) is 6.92 Å². The molecule has 1 aromatic heterocycles. The van der Waals surface area contributed by atoms with E-state index in [0.29, 0.717) is 35.5 Å². The van der Waals surface area contributed by atoms with Crippen molar-refractivity contribution in [3.63, 3.8) is 0 Å². The fourth-order valence-electron chi connectivity index (χ4n) is 2.58. The van der Waals surface area contributed by atoms with E-state index in [-0.39, 0.29) is 5.97 Å². The standard InChI is InChI=1S/C21H21ClN4O2/c1-3-28-20(27)15-8-10-17(11-9-15)25-19-12-14(2)24-21(26-19)23-13-16-6-4-5-7-18(16)22/h4-12H,3,13H2,1-2H3,(H2,23,24,25,26). The minimum absolute atomic E-state index is 0.335. The van der Waals surface area contributed by atoms with Crippen LogP contribution in [0.2, 0.25) is 5.02 Å². The molecule has 0 radical (unpaired) electrons. The average Bonchev–Trinajstić information content (AvgIpc) is 2.68. The van der Waals surface area contributed by atoms with Gasteiger partial charge in [-0.3, -0.25) is 0 Å². The minimum Gasteiger partial charge on any atom is -0.462 e. The maximum atomic E-state index is 11.7. The summed E-state index contributed by atoms with van der Waals surface area (Å²) in [5.41, 5.74) is 3.11. The number of aryl methyl sites for hydroxylation is 1. The summed E-state index contributed by atoms with van der Waals surface area (Å²) in [5.74, 6) is 0.821. The quantitative estimate of drug-likeness (QED) is 0.549. The van der Waals surface area contributed by atoms with Crippen LogP contribution in [0.4, 0.5) is 17.5 Å². The molecule has 0 spiro atoms. The summed E-state index contributed by atoms with van der Waals surface area (Å²) in [7, 11) is 0. The van der Waals surface area contributed by atoms with Gasteiger partial charge < -0.3 is 15.4 Å². The molecule has 0 amide bonds. The summed E-state index contributed by atoms with van der Waals surface area (Å²) in [5, 5.41) is 7.12. The summed E-state index contributed by atoms with van der Waals surface area (Å²) >= 11 is 6.19. The molecule has 0 saturated heterocycles. The number of benzene rings is 2. The highest BCUT2D eigenvalue weighted by atomic mass is 35.5. The van der Waals surface area contributed by atoms with Crippen LogP contribution < -0.4 is 10.6 Å². The van der Waals surface area contributed by atoms with Gasteiger partial charge >= 0.3 is 5.97 Å². The van der Waals surface area contributed by atoms with Crippen LogP contribution in [-0.4, -0.2) is 22.5 Å². The Hall–Kier alpha value is -3.12. The zero-order valence-electron chi connectivity index (χ0n) is 15.7. The zero-order valence-corrected chi connectivity index (χ0v) is 16.5. The van der Waals surface area contributed by atoms with Gasteiger partial charge in [0, 0.05) is 29.0 Å². The predicted molar refractivity (Wildman–Crippen MR) is 111 cm³/mol. The van der Waals surface area contributed by atoms with Crippen molar-refractivity contribution in [1.82, 2.24) is 9.97 Å². The van der Waals surface area contributed by atoms with Gasteiger partial charge in [-0.05, 0) is 49.7 Å². The third kappa shape index (κ3) is 5.20. The van der Waals surface area contributed by atoms with Gasteiger partial charge in [-0.2, -0.15) is 4.98 Å². The van der Waals surface area contributed by atoms with Crippen molar-refractivity contribution in [2.75, 3.05) is 17.2 Å². The lowest BCUT2D eigenvalue weighted by Crippen LogP contribution is -2.07. The first-order valence-corrected chi connectivity index (χ1v) is 9.30. The monoisotopic (exact) mass is 396 g/mol. The van der Waals surface area contributed by atoms with E-state index < -0.39 is 0 Å². The Morgan fingerprint density at radius 2 is 1.86 bits per heavy atom. The number of ether oxygens (including phenoxy) is 1. The molecule has 3 rings (SSSR count). The largest absolute Gasteiger partial charge is 0.462 e. The van der Waals surface area contributed by atoms with Gasteiger partial charge in [0.25, 0.3) is 0 Å². The Morgan fingerprint density at radius 3 is 2.57 bits per heavy atom. The van der Waals surface area contributed by atoms with Crippen LogP contribution in [0.3, 0.4) is 0 Å². The molecule has 2 N–H and O–H groups in total. The summed E-state index contributed by atoms with van der Waals surface area (Å²) in [4.78, 5) is 20.6. The smallest absolute Gasteiger partial charge is 0.338 e. The normalized spacial score (nSPS) is 10.4. The molecule has 0 saturated carbocycles. The molecule has 6 nitrogen and oxygen atoms in total. The van der Waals surface area contributed by atoms with Crippen LogP contribution >= 0.6 is 11.6 Å². The van der Waals surface area contributed by atoms with E-state index in [1.54, 1.807) is 31.2 Å². The molecule has 0 fully saturated rings. The number of nitrogens with zero attached hydrogens (tertiary/aromatic N) is 2. The van der Waals surface area contributed by atoms with Gasteiger partial charge in [0.05, 0.1) is 12.2 Å². The third-order valence-corrected chi connectivity index (χ3v) is 4.29. The fraction of sp³-hybridized carbons (Fsp3) is 0.190. The number of anilines is 3. The van der Waals surface area contributed by atoms with Crippen LogP contribution in [-0.2, 0) is 11.3 Å². The highest BCUT2D eigenvalue weighted by molar-refractivity contribution is 6.31. The Kier molecular flexibility index (Phi) is 6.45. The lowest BCUT2D eigenvalue weighted by Gasteiger charge is -2.11. The summed E-state index contributed by atoms with van der Waals surface area (Å²) < 4.78 is 4.99. The van der Waals surface area contributed by atoms with E-state index >= 15 is 0 Å². The van der Waals surface area contributed by atoms with E-state index in [1.807, 2.05) is 37.3 Å². The molecule has 28 heavy (non-hydrogen) atoms. The number of hydrogen-bond acceptors (Lipinski definition) is 6. The molecule has 0 aliphatic heterocycles. The van der Waals surface area contributed by atoms with Crippen LogP contribution in [0.5, 0.6) is 0 Å². The molecule has 0 unspecified atom stereocenters. The summed E-state index contributed by atoms with van der Waals surface area (Å²) in [6.07, 6.45) is 0. The minimum atomic E-state index is -0.335. The van der Waals surface area contributed by atoms with Gasteiger partial charge in [0.2, 0.25) is 5.95 Å². The first-order valence-electron chi connectivity index (χ1n) is 8.92. The second-order valence-electron chi connectivity index (χ2n) is 6.09. The predicted octanol–water partition coefficient (Wildman–Crippen LogP) is 4.97. The molecular formula is C21H21ClN4O2. The fourth-order valence-corrected chi connectivity index (χ4v) is 2.78. The van der Waals surface area contributed by atoms with E-state index in [2.05, 4.69) is 20.6 Å². The number of carbonyl (C=O) groups excluding carboxylic acids is 1. The lowest BCUT2D eigenvalue weighted by molar-refractivity contribution is 0.0526. The first-order chi connectivity index (χ1) is 13.5. The molecular weight excluding hydrogens is 376 g/mol. The zero-order chi connectivity index (χ0) is 19.9. The number of nitrogens with one attached hydrogen (secondary N) is 2. The molecule has 0 aliphatic rings. The number of esters is 1. The van der Waals surface area contributed by atoms with Crippen molar-refractivity contribution >= 4 is 35.0 Å². The maximum absolute atomic E-state index is 11.7. The van der Waals surface area contributed by atoms with Gasteiger partial charge in [0.15, 0.2) is 0 Å². The summed E-state index contributed by atoms with van der Waals surface area (Å²) in [6, 6.07) is 16.5. The summed E-state index contributed by atoms with van der Waals surface area (Å²) in [6.45, 7) is 4.56. The third-order valence-electron chi connectivity index (χ3n) is 3.92. The molecule has 144 valence electrons. The number of hydrogen-bond donors (Lipinski definition) is 2. The van der Waals surface area contributed by atoms with Crippen molar-refractivity contribution in [2.45, 2.75) is 20.4 Å². The average molecular weight is 397 g/mol. The number of aromatic nitrogens is 2. The molecule has 1 heterocycles. The second kappa shape index (κ2) is 9.19. The van der Waals surface area contributed by atoms with Crippen LogP contribution in [0.1, 0.15) is 28.5 Å². The van der Waals surface area contributed by atoms with Crippen molar-refractivity contribution < 1.29 is 9.53 Å². The highest BCUT2D eigenvalue weighted by Crippen LogP contribution is 2.19. The molecule has 0 aliphatic carbocycles. The first kappa shape index (κ1) is 19.6. The highest BCUT2D eigenvalue weighted by Gasteiger charge is 2.07. The van der Waals surface area contributed by atoms with Gasteiger partial charge in [-0.1, -0.05) is 29.8 Å². The Labute approximate surface area is 168 Å². The number of halogens is 1. The van der Waals surface area contributed by atoms with Crippen molar-refractivity contribution in [2.24, 2.45) is 0 Å². The van der Waals surface area contributed by atoms with Crippen molar-refractivity contribution in [3.05, 3.63) is 76.4 Å². The molecule has 0 bridgehead atoms. The van der Waals surface area contributed by atoms with Crippen molar-refractivity contribution in [1.29, 1.82) is 0 Å². The Morgan fingerprint density at radius 1 is 1.11 bits per heavy atom. The number of carbonyl (C=O) groups is 1. The SMILES string of the molecule is CCOC(=O)c1ccc(Nc2cc(C)nc(NCc3ccccc3Cl)n2)cc1. The Balaban J connectivity index is 1.69. The molecule has 2 aromatic carbocycles. The topological polar surface area (TPSA) is 76.1 Å². The molecule has 3 aromatic rings. The van der Waals surface area contributed by atoms with E-state index in [4.69, 9.17) is 16.3 Å². The van der Waals surface area contributed by atoms with Gasteiger partial charge in [-0.25, -0.2) is 9.78 Å². The van der Waals surface area contributed by atoms with E-state index in [0.717, 1.165) is 16.9 Å². The van der Waals surface area contributed by atoms with Gasteiger partial charge in [0.1, 0.15) is 5.82 Å². The van der Waals surface area contributed by atoms with E-state index in [9.17, 15) is 4.79 Å². The molecule has 0 atom stereocenters. The van der Waals surface area contributed by atoms with Crippen LogP contribution in [0.25, 0.3) is 0 Å². The lowest BCUT2D eigenvalue weighted by atomic mass is 10.2. The number of rotatable bonds is 7.